The van der Waals surface area contributed by atoms with Crippen LogP contribution < -0.4 is 10.1 Å². The van der Waals surface area contributed by atoms with E-state index in [-0.39, 0.29) is 5.91 Å². The van der Waals surface area contributed by atoms with Gasteiger partial charge in [0.2, 0.25) is 5.91 Å². The summed E-state index contributed by atoms with van der Waals surface area (Å²) in [5.41, 5.74) is 1.41. The monoisotopic (exact) mass is 359 g/mol. The van der Waals surface area contributed by atoms with Crippen LogP contribution in [0.15, 0.2) is 50.7 Å². The second-order valence-corrected chi connectivity index (χ2v) is 6.54. The largest absolute Gasteiger partial charge is 0.497 e. The minimum atomic E-state index is -0.412. The number of nitrogens with one attached hydrogen (secondary N) is 1. The number of hydrogen-bond donors (Lipinski definition) is 1. The summed E-state index contributed by atoms with van der Waals surface area (Å²) >= 11 is 1.19. The second-order valence-electron chi connectivity index (χ2n) is 5.24. The molecule has 0 spiro atoms. The first-order chi connectivity index (χ1) is 12.1. The third-order valence-corrected chi connectivity index (χ3v) is 4.41. The number of nitrogens with zero attached hydrogens (tertiary/aromatic N) is 2. The molecule has 8 heteroatoms. The molecule has 0 radical (unpaired) electrons. The van der Waals surface area contributed by atoms with E-state index in [9.17, 15) is 4.79 Å². The van der Waals surface area contributed by atoms with Gasteiger partial charge in [-0.1, -0.05) is 17.8 Å². The second kappa shape index (κ2) is 7.43. The van der Waals surface area contributed by atoms with Crippen molar-refractivity contribution in [2.24, 2.45) is 0 Å². The number of aromatic nitrogens is 2. The van der Waals surface area contributed by atoms with Gasteiger partial charge in [-0.2, -0.15) is 0 Å². The predicted molar refractivity (Wildman–Crippen MR) is 93.7 cm³/mol. The normalized spacial score (nSPS) is 12.0. The molecule has 0 aliphatic heterocycles. The molecule has 1 amide bonds. The lowest BCUT2D eigenvalue weighted by Gasteiger charge is -2.10. The van der Waals surface area contributed by atoms with E-state index >= 15 is 0 Å². The summed E-state index contributed by atoms with van der Waals surface area (Å²) in [6, 6.07) is 8.93. The Labute approximate surface area is 148 Å². The van der Waals surface area contributed by atoms with Crippen molar-refractivity contribution in [3.05, 3.63) is 42.4 Å². The number of carbonyl (C=O) groups excluding carboxylic acids is 1. The molecule has 0 aliphatic carbocycles. The van der Waals surface area contributed by atoms with Crippen LogP contribution in [0.1, 0.15) is 12.7 Å². The topological polar surface area (TPSA) is 90.4 Å². The highest BCUT2D eigenvalue weighted by Gasteiger charge is 2.20. The highest BCUT2D eigenvalue weighted by molar-refractivity contribution is 8.00. The number of aryl methyl sites for hydroxylation is 1. The Hall–Kier alpha value is -2.74. The fourth-order valence-electron chi connectivity index (χ4n) is 2.12. The molecule has 2 aromatic heterocycles. The zero-order chi connectivity index (χ0) is 17.8. The highest BCUT2D eigenvalue weighted by Crippen LogP contribution is 2.28. The maximum atomic E-state index is 12.3. The van der Waals surface area contributed by atoms with Crippen LogP contribution in [0.25, 0.3) is 11.5 Å². The first kappa shape index (κ1) is 17.1. The standard InChI is InChI=1S/C17H17N3O4S/c1-10-14(7-8-23-10)16-19-20-17(24-16)25-11(2)15(21)18-12-5-4-6-13(9-12)22-3/h4-9,11H,1-3H3,(H,18,21)/t11-/m0/s1. The van der Waals surface area contributed by atoms with E-state index in [2.05, 4.69) is 15.5 Å². The Kier molecular flexibility index (Phi) is 5.08. The summed E-state index contributed by atoms with van der Waals surface area (Å²) < 4.78 is 16.0. The average Bonchev–Trinajstić information content (AvgIpc) is 3.23. The number of rotatable bonds is 6. The Bertz CT molecular complexity index is 874. The first-order valence-corrected chi connectivity index (χ1v) is 8.44. The van der Waals surface area contributed by atoms with Crippen molar-refractivity contribution in [1.29, 1.82) is 0 Å². The molecular formula is C17H17N3O4S. The molecule has 3 rings (SSSR count). The summed E-state index contributed by atoms with van der Waals surface area (Å²) in [6.07, 6.45) is 1.56. The van der Waals surface area contributed by atoms with Gasteiger partial charge in [0, 0.05) is 11.8 Å². The summed E-state index contributed by atoms with van der Waals surface area (Å²) in [5, 5.41) is 10.7. The van der Waals surface area contributed by atoms with Gasteiger partial charge in [-0.3, -0.25) is 4.79 Å². The Morgan fingerprint density at radius 3 is 2.88 bits per heavy atom. The maximum absolute atomic E-state index is 12.3. The van der Waals surface area contributed by atoms with Crippen molar-refractivity contribution >= 4 is 23.4 Å². The van der Waals surface area contributed by atoms with Crippen LogP contribution in [0.2, 0.25) is 0 Å². The average molecular weight is 359 g/mol. The molecular weight excluding hydrogens is 342 g/mol. The number of thioether (sulfide) groups is 1. The van der Waals surface area contributed by atoms with Crippen LogP contribution in [-0.4, -0.2) is 28.5 Å². The van der Waals surface area contributed by atoms with Crippen LogP contribution in [0, 0.1) is 6.92 Å². The molecule has 7 nitrogen and oxygen atoms in total. The van der Waals surface area contributed by atoms with Gasteiger partial charge in [0.05, 0.1) is 24.2 Å². The summed E-state index contributed by atoms with van der Waals surface area (Å²) in [4.78, 5) is 12.3. The summed E-state index contributed by atoms with van der Waals surface area (Å²) in [5.74, 6) is 1.57. The van der Waals surface area contributed by atoms with Crippen molar-refractivity contribution in [3.8, 4) is 17.2 Å². The van der Waals surface area contributed by atoms with Gasteiger partial charge >= 0.3 is 0 Å². The third-order valence-electron chi connectivity index (χ3n) is 3.48. The maximum Gasteiger partial charge on any atom is 0.277 e. The van der Waals surface area contributed by atoms with Gasteiger partial charge in [0.15, 0.2) is 0 Å². The van der Waals surface area contributed by atoms with E-state index in [1.54, 1.807) is 38.5 Å². The van der Waals surface area contributed by atoms with E-state index < -0.39 is 5.25 Å². The van der Waals surface area contributed by atoms with Crippen LogP contribution in [0.3, 0.4) is 0 Å². The molecule has 0 aliphatic rings. The number of amides is 1. The number of methoxy groups -OCH3 is 1. The minimum Gasteiger partial charge on any atom is -0.497 e. The van der Waals surface area contributed by atoms with E-state index in [0.29, 0.717) is 28.3 Å². The zero-order valence-corrected chi connectivity index (χ0v) is 14.8. The van der Waals surface area contributed by atoms with Crippen molar-refractivity contribution in [1.82, 2.24) is 10.2 Å². The summed E-state index contributed by atoms with van der Waals surface area (Å²) in [6.45, 7) is 3.59. The van der Waals surface area contributed by atoms with Crippen LogP contribution in [0.5, 0.6) is 5.75 Å². The number of benzene rings is 1. The van der Waals surface area contributed by atoms with Crippen molar-refractivity contribution in [2.45, 2.75) is 24.3 Å². The molecule has 0 saturated heterocycles. The number of carbonyl (C=O) groups is 1. The Morgan fingerprint density at radius 1 is 1.32 bits per heavy atom. The van der Waals surface area contributed by atoms with E-state index in [0.717, 1.165) is 5.56 Å². The van der Waals surface area contributed by atoms with Gasteiger partial charge in [0.25, 0.3) is 11.1 Å². The van der Waals surface area contributed by atoms with E-state index in [4.69, 9.17) is 13.6 Å². The highest BCUT2D eigenvalue weighted by atomic mass is 32.2. The Balaban J connectivity index is 1.63. The zero-order valence-electron chi connectivity index (χ0n) is 14.0. The molecule has 0 fully saturated rings. The SMILES string of the molecule is COc1cccc(NC(=O)[C@H](C)Sc2nnc(-c3ccoc3C)o2)c1. The molecule has 130 valence electrons. The van der Waals surface area contributed by atoms with Crippen LogP contribution in [0.4, 0.5) is 5.69 Å². The van der Waals surface area contributed by atoms with Crippen molar-refractivity contribution in [2.75, 3.05) is 12.4 Å². The van der Waals surface area contributed by atoms with Gasteiger partial charge in [-0.05, 0) is 32.0 Å². The fraction of sp³-hybridized carbons (Fsp3) is 0.235. The molecule has 1 aromatic carbocycles. The number of anilines is 1. The molecule has 3 aromatic rings. The van der Waals surface area contributed by atoms with Crippen molar-refractivity contribution < 1.29 is 18.4 Å². The smallest absolute Gasteiger partial charge is 0.277 e. The molecule has 2 heterocycles. The molecule has 0 saturated carbocycles. The predicted octanol–water partition coefficient (Wildman–Crippen LogP) is 3.77. The van der Waals surface area contributed by atoms with Gasteiger partial charge in [-0.25, -0.2) is 0 Å². The third kappa shape index (κ3) is 4.03. The lowest BCUT2D eigenvalue weighted by atomic mass is 10.3. The molecule has 1 N–H and O–H groups in total. The van der Waals surface area contributed by atoms with E-state index in [1.807, 2.05) is 19.1 Å². The molecule has 1 atom stereocenters. The minimum absolute atomic E-state index is 0.169. The molecule has 0 bridgehead atoms. The van der Waals surface area contributed by atoms with Crippen LogP contribution in [-0.2, 0) is 4.79 Å². The molecule has 0 unspecified atom stereocenters. The van der Waals surface area contributed by atoms with Crippen LogP contribution >= 0.6 is 11.8 Å². The summed E-state index contributed by atoms with van der Waals surface area (Å²) in [7, 11) is 1.58. The van der Waals surface area contributed by atoms with Gasteiger partial charge in [0.1, 0.15) is 11.5 Å². The van der Waals surface area contributed by atoms with Crippen molar-refractivity contribution in [3.63, 3.8) is 0 Å². The number of hydrogen-bond acceptors (Lipinski definition) is 7. The van der Waals surface area contributed by atoms with E-state index in [1.165, 1.54) is 11.8 Å². The quantitative estimate of drug-likeness (QED) is 0.670. The lowest BCUT2D eigenvalue weighted by Crippen LogP contribution is -2.22. The lowest BCUT2D eigenvalue weighted by molar-refractivity contribution is -0.115. The fourth-order valence-corrected chi connectivity index (χ4v) is 2.81. The molecule has 25 heavy (non-hydrogen) atoms. The van der Waals surface area contributed by atoms with Gasteiger partial charge in [-0.15, -0.1) is 10.2 Å². The number of furan rings is 1. The Morgan fingerprint density at radius 2 is 2.16 bits per heavy atom. The number of ether oxygens (including phenoxy) is 1. The first-order valence-electron chi connectivity index (χ1n) is 7.56. The van der Waals surface area contributed by atoms with Gasteiger partial charge < -0.3 is 18.9 Å².